The van der Waals surface area contributed by atoms with Gasteiger partial charge in [0.15, 0.2) is 5.43 Å². The molecule has 11 rings (SSSR count). The molecule has 9 amide bonds. The Balaban J connectivity index is 0.870. The summed E-state index contributed by atoms with van der Waals surface area (Å²) in [7, 11) is 0. The second kappa shape index (κ2) is 40.1. The quantitative estimate of drug-likeness (QED) is 0.0234. The Morgan fingerprint density at radius 1 is 0.448 bits per heavy atom. The molecule has 8 heterocycles. The summed E-state index contributed by atoms with van der Waals surface area (Å²) in [5.74, 6) is -7.13. The predicted molar refractivity (Wildman–Crippen MR) is 423 cm³/mol. The molecule has 7 fully saturated rings. The number of carbonyl (C=O) groups is 10. The molecule has 0 saturated carbocycles. The summed E-state index contributed by atoms with van der Waals surface area (Å²) in [5, 5.41) is 24.1. The van der Waals surface area contributed by atoms with Crippen molar-refractivity contribution in [2.75, 3.05) is 125 Å². The normalized spacial score (nSPS) is 25.5. The number of hydrogen-bond acceptors (Lipinski definition) is 24. The highest BCUT2D eigenvalue weighted by molar-refractivity contribution is 6.09. The Kier molecular flexibility index (Phi) is 30.4. The summed E-state index contributed by atoms with van der Waals surface area (Å²) in [4.78, 5) is 173. The number of phenolic OH excluding ortho intramolecular Hbond substituents is 1. The van der Waals surface area contributed by atoms with Crippen molar-refractivity contribution in [3.05, 3.63) is 75.9 Å². The lowest BCUT2D eigenvalue weighted by Crippen LogP contribution is -2.59. The van der Waals surface area contributed by atoms with Gasteiger partial charge in [-0.3, -0.25) is 47.9 Å². The van der Waals surface area contributed by atoms with E-state index in [-0.39, 0.29) is 194 Å². The zero-order valence-corrected chi connectivity index (χ0v) is 67.4. The summed E-state index contributed by atoms with van der Waals surface area (Å²) >= 11 is 0. The average Bonchev–Trinajstić information content (AvgIpc) is 1.08. The topological polar surface area (TPSA) is 471 Å². The molecule has 1 aliphatic carbocycles. The van der Waals surface area contributed by atoms with Gasteiger partial charge in [0.1, 0.15) is 59.4 Å². The third-order valence-corrected chi connectivity index (χ3v) is 22.6. The first-order valence-corrected chi connectivity index (χ1v) is 41.0. The van der Waals surface area contributed by atoms with Gasteiger partial charge in [-0.25, -0.2) is 4.79 Å². The number of rotatable bonds is 37. The van der Waals surface area contributed by atoms with Gasteiger partial charge in [0.05, 0.1) is 54.8 Å². The third-order valence-electron chi connectivity index (χ3n) is 22.6. The standard InChI is InChI=1S/C82H117N13O21/c1-46(2)43-113-56-32-67(77(102)90-37-52(109-21-7-17-83)28-63(90)74(87)99)94(41-56)78(103)65-30-54(111-23-9-19-85)39-92(65)81(106)69-34-58(115-45-48(5)6)42-95(69)79(104)66-31-55(112-24-10-20-86)38-91(66)80(105)68-33-57(114-44-47(3)4)40-93(68)76(101)64-29-53(110-22-8-18-84)36-89(64)72(98)35-88-75(100)49-11-14-59(62(25-49)82(107)108)73-60-15-12-50(96)26-70(60)116-71-27-51(97)13-16-61(71)73/h11-16,25-27,46-48,52-58,63-69,96H,7-10,17-24,28-45,83-86H2,1-6H3,(H2,87,99)(H,88,100)(H,107,108)/t52-,53-,54-,55-,56-,57-,58-,63+,64+,65+,66+,67+,68+,69+/m1/s1. The van der Waals surface area contributed by atoms with Crippen molar-refractivity contribution in [2.45, 2.75) is 197 Å². The first-order chi connectivity index (χ1) is 55.6. The Hall–Kier alpha value is -8.81. The number of carboxylic acids is 1. The maximum absolute atomic E-state index is 16.2. The lowest BCUT2D eigenvalue weighted by atomic mass is 9.90. The molecule has 34 heteroatoms. The molecule has 0 bridgehead atoms. The number of primary amides is 1. The van der Waals surface area contributed by atoms with Crippen LogP contribution in [0.15, 0.2) is 63.8 Å². The van der Waals surface area contributed by atoms with E-state index in [1.165, 1.54) is 76.8 Å². The molecule has 0 spiro atoms. The summed E-state index contributed by atoms with van der Waals surface area (Å²) in [6, 6.07) is 3.74. The van der Waals surface area contributed by atoms with Crippen LogP contribution in [0, 0.1) is 17.8 Å². The van der Waals surface area contributed by atoms with Crippen molar-refractivity contribution in [1.82, 2.24) is 39.6 Å². The molecule has 0 unspecified atom stereocenters. The molecule has 0 aromatic heterocycles. The SMILES string of the molecule is CC(C)CO[C@@H]1C[C@@H](C(=O)N2C[C@H](OCCCN)C[C@H]2C(=O)N2C[C@H](OCC(C)C)C[C@H]2C(=O)N2C[C@H](OCCCN)C[C@H]2C(=O)N2C[C@H](OCC(C)C)C[C@H]2C(=O)N2C[C@H](OCCCN)C[C@H]2C(N)=O)N(C(=O)[C@@H]2C[C@@H](OCCCN)CN2C(=O)CNC(=O)c2ccc(-c3c4ccc(=O)cc-4oc4cc(O)ccc34)c(C(=O)O)c2)C1. The van der Waals surface area contributed by atoms with E-state index in [2.05, 4.69) is 5.32 Å². The molecule has 34 nitrogen and oxygen atoms in total. The van der Waals surface area contributed by atoms with Crippen LogP contribution in [0.3, 0.4) is 0 Å². The summed E-state index contributed by atoms with van der Waals surface area (Å²) in [6.45, 7) is 13.5. The number of ether oxygens (including phenoxy) is 7. The highest BCUT2D eigenvalue weighted by Gasteiger charge is 2.57. The molecule has 13 N–H and O–H groups in total. The van der Waals surface area contributed by atoms with Gasteiger partial charge in [0, 0.05) is 171 Å². The Morgan fingerprint density at radius 3 is 1.16 bits per heavy atom. The number of fused-ring (bicyclic) bond motifs is 2. The van der Waals surface area contributed by atoms with E-state index in [0.717, 1.165) is 6.07 Å². The van der Waals surface area contributed by atoms with E-state index in [9.17, 15) is 34.2 Å². The van der Waals surface area contributed by atoms with Crippen molar-refractivity contribution in [3.63, 3.8) is 0 Å². The zero-order chi connectivity index (χ0) is 83.3. The molecule has 9 aliphatic rings. The minimum Gasteiger partial charge on any atom is -0.508 e. The lowest BCUT2D eigenvalue weighted by molar-refractivity contribution is -0.155. The van der Waals surface area contributed by atoms with E-state index in [1.54, 1.807) is 6.07 Å². The van der Waals surface area contributed by atoms with Crippen LogP contribution < -0.4 is 39.4 Å². The number of hydrogen-bond donors (Lipinski definition) is 8. The van der Waals surface area contributed by atoms with Gasteiger partial charge in [0.25, 0.3) is 5.91 Å². The van der Waals surface area contributed by atoms with Crippen LogP contribution in [0.25, 0.3) is 33.4 Å². The molecule has 14 atom stereocenters. The first kappa shape index (κ1) is 88.0. The number of aromatic carboxylic acids is 1. The van der Waals surface area contributed by atoms with Crippen molar-refractivity contribution in [1.29, 1.82) is 0 Å². The van der Waals surface area contributed by atoms with Crippen LogP contribution in [0.1, 0.15) is 133 Å². The van der Waals surface area contributed by atoms with Crippen LogP contribution in [-0.4, -0.2) is 313 Å². The number of amides is 9. The first-order valence-electron chi connectivity index (χ1n) is 41.0. The van der Waals surface area contributed by atoms with Crippen LogP contribution in [-0.2, 0) is 71.5 Å². The molecule has 2 aromatic carbocycles. The van der Waals surface area contributed by atoms with E-state index >= 15 is 28.8 Å². The maximum Gasteiger partial charge on any atom is 0.336 e. The minimum atomic E-state index is -1.41. The molecular formula is C82H117N13O21. The van der Waals surface area contributed by atoms with Crippen LogP contribution in [0.2, 0.25) is 0 Å². The molecule has 116 heavy (non-hydrogen) atoms. The van der Waals surface area contributed by atoms with E-state index in [0.29, 0.717) is 68.5 Å². The van der Waals surface area contributed by atoms with Crippen LogP contribution >= 0.6 is 0 Å². The number of nitrogens with zero attached hydrogens (tertiary/aromatic N) is 7. The van der Waals surface area contributed by atoms with Crippen molar-refractivity contribution >= 4 is 70.1 Å². The smallest absolute Gasteiger partial charge is 0.336 e. The summed E-state index contributed by atoms with van der Waals surface area (Å²) in [6.07, 6.45) is -2.63. The van der Waals surface area contributed by atoms with E-state index < -0.39 is 151 Å². The van der Waals surface area contributed by atoms with Gasteiger partial charge >= 0.3 is 5.97 Å². The molecule has 0 radical (unpaired) electrons. The zero-order valence-electron chi connectivity index (χ0n) is 67.4. The Labute approximate surface area is 675 Å². The van der Waals surface area contributed by atoms with Crippen molar-refractivity contribution < 1.29 is 95.7 Å². The molecule has 2 aromatic rings. The molecule has 8 aliphatic heterocycles. The van der Waals surface area contributed by atoms with Crippen molar-refractivity contribution in [3.8, 4) is 28.2 Å². The molecular weight excluding hydrogens is 1500 g/mol. The second-order valence-corrected chi connectivity index (χ2v) is 32.8. The fourth-order valence-electron chi connectivity index (χ4n) is 16.9. The number of carboxylic acid groups (broad SMARTS) is 1. The number of nitrogens with one attached hydrogen (secondary N) is 1. The highest BCUT2D eigenvalue weighted by atomic mass is 16.5. The third kappa shape index (κ3) is 20.8. The van der Waals surface area contributed by atoms with Gasteiger partial charge in [-0.05, 0) is 112 Å². The maximum atomic E-state index is 16.2. The van der Waals surface area contributed by atoms with Gasteiger partial charge in [-0.1, -0.05) is 47.6 Å². The number of likely N-dealkylation sites (tertiary alicyclic amines) is 7. The summed E-state index contributed by atoms with van der Waals surface area (Å²) in [5.41, 5.74) is 29.7. The number of phenols is 1. The van der Waals surface area contributed by atoms with Crippen LogP contribution in [0.4, 0.5) is 0 Å². The van der Waals surface area contributed by atoms with Crippen molar-refractivity contribution in [2.24, 2.45) is 46.4 Å². The molecule has 636 valence electrons. The number of carbonyl (C=O) groups excluding carboxylic acids is 9. The van der Waals surface area contributed by atoms with E-state index in [1.807, 2.05) is 41.5 Å². The fourth-order valence-corrected chi connectivity index (χ4v) is 16.9. The van der Waals surface area contributed by atoms with Gasteiger partial charge < -0.3 is 116 Å². The second-order valence-electron chi connectivity index (χ2n) is 32.8. The van der Waals surface area contributed by atoms with Crippen LogP contribution in [0.5, 0.6) is 5.75 Å². The van der Waals surface area contributed by atoms with Gasteiger partial charge in [-0.15, -0.1) is 0 Å². The number of nitrogens with two attached hydrogens (primary N) is 5. The fraction of sp³-hybridized carbons (Fsp3) is 0.646. The number of aromatic hydroxyl groups is 1. The Bertz CT molecular complexity index is 4180. The van der Waals surface area contributed by atoms with Gasteiger partial charge in [0.2, 0.25) is 47.3 Å². The minimum absolute atomic E-state index is 0.00387. The molecule has 7 saturated heterocycles. The monoisotopic (exact) mass is 1620 g/mol. The predicted octanol–water partition coefficient (Wildman–Crippen LogP) is 1.45. The average molecular weight is 1620 g/mol. The lowest BCUT2D eigenvalue weighted by Gasteiger charge is -2.36. The Morgan fingerprint density at radius 2 is 0.793 bits per heavy atom. The van der Waals surface area contributed by atoms with Gasteiger partial charge in [-0.2, -0.15) is 0 Å². The summed E-state index contributed by atoms with van der Waals surface area (Å²) < 4.78 is 50.3. The highest BCUT2D eigenvalue weighted by Crippen LogP contribution is 2.43. The van der Waals surface area contributed by atoms with E-state index in [4.69, 9.17) is 66.2 Å². The largest absolute Gasteiger partial charge is 0.508 e. The number of benzene rings is 3.